The van der Waals surface area contributed by atoms with E-state index in [1.807, 2.05) is 35.1 Å². The van der Waals surface area contributed by atoms with Crippen LogP contribution >= 0.6 is 0 Å². The Morgan fingerprint density at radius 3 is 2.84 bits per heavy atom. The second-order valence-electron chi connectivity index (χ2n) is 6.29. The lowest BCUT2D eigenvalue weighted by Gasteiger charge is -2.16. The van der Waals surface area contributed by atoms with Gasteiger partial charge < -0.3 is 15.1 Å². The monoisotopic (exact) mass is 339 g/mol. The number of fused-ring (bicyclic) bond motifs is 1. The average Bonchev–Trinajstić information content (AvgIpc) is 3.24. The van der Waals surface area contributed by atoms with Crippen LogP contribution in [0.2, 0.25) is 0 Å². The number of para-hydroxylation sites is 1. The van der Waals surface area contributed by atoms with Gasteiger partial charge in [-0.25, -0.2) is 0 Å². The Bertz CT molecular complexity index is 835. The summed E-state index contributed by atoms with van der Waals surface area (Å²) in [7, 11) is 1.78. The van der Waals surface area contributed by atoms with Gasteiger partial charge in [0.1, 0.15) is 11.3 Å². The van der Waals surface area contributed by atoms with E-state index in [2.05, 4.69) is 40.6 Å². The summed E-state index contributed by atoms with van der Waals surface area (Å²) in [5, 5.41) is 12.1. The van der Waals surface area contributed by atoms with Crippen molar-refractivity contribution in [2.75, 3.05) is 13.6 Å². The first-order valence-corrected chi connectivity index (χ1v) is 8.56. The van der Waals surface area contributed by atoms with Crippen LogP contribution in [-0.4, -0.2) is 29.3 Å². The van der Waals surface area contributed by atoms with Crippen molar-refractivity contribution in [1.29, 1.82) is 0 Å². The molecular weight excluding hydrogens is 314 g/mol. The van der Waals surface area contributed by atoms with Gasteiger partial charge in [-0.2, -0.15) is 5.10 Å². The number of guanidine groups is 1. The van der Waals surface area contributed by atoms with E-state index in [1.54, 1.807) is 13.2 Å². The van der Waals surface area contributed by atoms with E-state index >= 15 is 0 Å². The minimum atomic E-state index is 0.436. The molecule has 0 radical (unpaired) electrons. The van der Waals surface area contributed by atoms with E-state index in [0.717, 1.165) is 35.8 Å². The molecule has 6 heteroatoms. The van der Waals surface area contributed by atoms with Gasteiger partial charge in [0.05, 0.1) is 6.54 Å². The Balaban J connectivity index is 1.52. The fourth-order valence-electron chi connectivity index (χ4n) is 2.84. The molecule has 0 aliphatic rings. The molecular formula is C19H25N5O. The van der Waals surface area contributed by atoms with Crippen molar-refractivity contribution in [2.45, 2.75) is 26.9 Å². The minimum Gasteiger partial charge on any atom is -0.459 e. The maximum absolute atomic E-state index is 5.93. The fraction of sp³-hybridized carbons (Fsp3) is 0.368. The molecule has 2 N–H and O–H groups in total. The fourth-order valence-corrected chi connectivity index (χ4v) is 2.84. The second-order valence-corrected chi connectivity index (χ2v) is 6.29. The lowest BCUT2D eigenvalue weighted by molar-refractivity contribution is 0.442. The first-order valence-electron chi connectivity index (χ1n) is 8.56. The lowest BCUT2D eigenvalue weighted by atomic mass is 10.1. The molecule has 0 spiro atoms. The van der Waals surface area contributed by atoms with Crippen LogP contribution in [0.25, 0.3) is 11.0 Å². The topological polar surface area (TPSA) is 67.4 Å². The highest BCUT2D eigenvalue weighted by atomic mass is 16.3. The molecule has 0 fully saturated rings. The van der Waals surface area contributed by atoms with Crippen molar-refractivity contribution >= 4 is 16.9 Å². The molecule has 2 heterocycles. The predicted molar refractivity (Wildman–Crippen MR) is 101 cm³/mol. The minimum absolute atomic E-state index is 0.436. The zero-order valence-electron chi connectivity index (χ0n) is 15.0. The molecule has 25 heavy (non-hydrogen) atoms. The number of nitrogens with zero attached hydrogens (tertiary/aromatic N) is 3. The molecule has 0 bridgehead atoms. The molecule has 0 saturated carbocycles. The van der Waals surface area contributed by atoms with Crippen LogP contribution in [0.15, 0.2) is 52.1 Å². The summed E-state index contributed by atoms with van der Waals surface area (Å²) in [6, 6.07) is 10.0. The van der Waals surface area contributed by atoms with Crippen LogP contribution in [0, 0.1) is 12.8 Å². The van der Waals surface area contributed by atoms with Crippen LogP contribution in [-0.2, 0) is 13.1 Å². The van der Waals surface area contributed by atoms with E-state index in [-0.39, 0.29) is 0 Å². The molecule has 2 aromatic heterocycles. The summed E-state index contributed by atoms with van der Waals surface area (Å²) in [6.07, 6.45) is 3.78. The number of aryl methyl sites for hydroxylation is 1. The van der Waals surface area contributed by atoms with Gasteiger partial charge in [-0.15, -0.1) is 0 Å². The molecule has 1 aromatic carbocycles. The summed E-state index contributed by atoms with van der Waals surface area (Å²) in [5.41, 5.74) is 2.10. The van der Waals surface area contributed by atoms with E-state index in [0.29, 0.717) is 12.5 Å². The number of hydrogen-bond acceptors (Lipinski definition) is 3. The summed E-state index contributed by atoms with van der Waals surface area (Å²) in [5.74, 6) is 2.15. The molecule has 0 aliphatic heterocycles. The molecule has 3 rings (SSSR count). The van der Waals surface area contributed by atoms with Gasteiger partial charge in [0.15, 0.2) is 5.96 Å². The summed E-state index contributed by atoms with van der Waals surface area (Å²) >= 11 is 0. The number of aliphatic imine (C=N–C) groups is 1. The summed E-state index contributed by atoms with van der Waals surface area (Å²) < 4.78 is 7.88. The van der Waals surface area contributed by atoms with Gasteiger partial charge in [0.25, 0.3) is 0 Å². The maximum Gasteiger partial charge on any atom is 0.191 e. The Morgan fingerprint density at radius 1 is 1.28 bits per heavy atom. The first kappa shape index (κ1) is 17.1. The Labute approximate surface area is 147 Å². The third-order valence-electron chi connectivity index (χ3n) is 4.26. The van der Waals surface area contributed by atoms with E-state index in [4.69, 9.17) is 4.42 Å². The van der Waals surface area contributed by atoms with Gasteiger partial charge in [0, 0.05) is 43.5 Å². The number of benzene rings is 1. The van der Waals surface area contributed by atoms with Gasteiger partial charge in [-0.05, 0) is 25.0 Å². The van der Waals surface area contributed by atoms with Gasteiger partial charge >= 0.3 is 0 Å². The Kier molecular flexibility index (Phi) is 5.38. The number of hydrogen-bond donors (Lipinski definition) is 2. The predicted octanol–water partition coefficient (Wildman–Crippen LogP) is 2.94. The zero-order valence-corrected chi connectivity index (χ0v) is 15.0. The van der Waals surface area contributed by atoms with Gasteiger partial charge in [-0.3, -0.25) is 9.67 Å². The number of furan rings is 1. The van der Waals surface area contributed by atoms with Crippen LogP contribution in [0.5, 0.6) is 0 Å². The second kappa shape index (κ2) is 7.88. The van der Waals surface area contributed by atoms with Gasteiger partial charge in [-0.1, -0.05) is 25.1 Å². The molecule has 132 valence electrons. The molecule has 0 saturated heterocycles. The van der Waals surface area contributed by atoms with E-state index in [1.165, 1.54) is 5.56 Å². The molecule has 0 aliphatic carbocycles. The van der Waals surface area contributed by atoms with Crippen LogP contribution < -0.4 is 10.6 Å². The number of aromatic nitrogens is 2. The molecule has 0 amide bonds. The lowest BCUT2D eigenvalue weighted by Crippen LogP contribution is -2.39. The quantitative estimate of drug-likeness (QED) is 0.535. The smallest absolute Gasteiger partial charge is 0.191 e. The Hall–Kier alpha value is -2.76. The Morgan fingerprint density at radius 2 is 2.12 bits per heavy atom. The number of rotatable bonds is 6. The number of nitrogens with one attached hydrogen (secondary N) is 2. The third-order valence-corrected chi connectivity index (χ3v) is 4.26. The standard InChI is InChI=1S/C19H25N5O/c1-14(13-24-10-6-9-23-24)11-21-19(20-3)22-12-18-15(2)16-7-4-5-8-17(16)25-18/h4-10,14H,11-13H2,1-3H3,(H2,20,21,22). The molecule has 1 atom stereocenters. The normalized spacial score (nSPS) is 13.2. The van der Waals surface area contributed by atoms with Gasteiger partial charge in [0.2, 0.25) is 0 Å². The summed E-state index contributed by atoms with van der Waals surface area (Å²) in [6.45, 7) is 6.57. The largest absolute Gasteiger partial charge is 0.459 e. The summed E-state index contributed by atoms with van der Waals surface area (Å²) in [4.78, 5) is 4.29. The van der Waals surface area contributed by atoms with E-state index in [9.17, 15) is 0 Å². The van der Waals surface area contributed by atoms with Crippen molar-refractivity contribution < 1.29 is 4.42 Å². The van der Waals surface area contributed by atoms with Crippen LogP contribution in [0.1, 0.15) is 18.2 Å². The van der Waals surface area contributed by atoms with Crippen molar-refractivity contribution in [3.8, 4) is 0 Å². The van der Waals surface area contributed by atoms with Crippen LogP contribution in [0.4, 0.5) is 0 Å². The van der Waals surface area contributed by atoms with Crippen molar-refractivity contribution in [1.82, 2.24) is 20.4 Å². The highest BCUT2D eigenvalue weighted by Crippen LogP contribution is 2.24. The highest BCUT2D eigenvalue weighted by Gasteiger charge is 2.11. The van der Waals surface area contributed by atoms with Crippen molar-refractivity contribution in [3.63, 3.8) is 0 Å². The van der Waals surface area contributed by atoms with E-state index < -0.39 is 0 Å². The average molecular weight is 339 g/mol. The van der Waals surface area contributed by atoms with Crippen molar-refractivity contribution in [2.24, 2.45) is 10.9 Å². The highest BCUT2D eigenvalue weighted by molar-refractivity contribution is 5.82. The zero-order chi connectivity index (χ0) is 17.6. The van der Waals surface area contributed by atoms with Crippen molar-refractivity contribution in [3.05, 3.63) is 54.0 Å². The molecule has 1 unspecified atom stereocenters. The first-order chi connectivity index (χ1) is 12.2. The maximum atomic E-state index is 5.93. The third kappa shape index (κ3) is 4.21. The molecule has 6 nitrogen and oxygen atoms in total. The SMILES string of the molecule is CN=C(NCc1oc2ccccc2c1C)NCC(C)Cn1cccn1. The molecule has 3 aromatic rings. The van der Waals surface area contributed by atoms with Crippen LogP contribution in [0.3, 0.4) is 0 Å².